The van der Waals surface area contributed by atoms with E-state index >= 15 is 0 Å². The van der Waals surface area contributed by atoms with Gasteiger partial charge in [-0.3, -0.25) is 4.79 Å². The lowest BCUT2D eigenvalue weighted by atomic mass is 10.2. The smallest absolute Gasteiger partial charge is 0.276 e. The number of carbonyl (C=O) groups excluding carboxylic acids is 1. The Hall–Kier alpha value is -2.02. The van der Waals surface area contributed by atoms with Gasteiger partial charge in [-0.15, -0.1) is 0 Å². The molecule has 0 saturated carbocycles. The normalized spacial score (nSPS) is 18.7. The number of thioether (sulfide) groups is 1. The first-order valence-electron chi connectivity index (χ1n) is 6.68. The Morgan fingerprint density at radius 2 is 2.24 bits per heavy atom. The number of nitrogens with zero attached hydrogens (tertiary/aromatic N) is 3. The van der Waals surface area contributed by atoms with E-state index in [1.165, 1.54) is 12.4 Å². The Balaban J connectivity index is 1.91. The Bertz CT molecular complexity index is 658. The summed E-state index contributed by atoms with van der Waals surface area (Å²) in [6.07, 6.45) is 2.96. The number of hydrogen-bond donors (Lipinski definition) is 1. The van der Waals surface area contributed by atoms with Crippen molar-refractivity contribution in [3.8, 4) is 0 Å². The van der Waals surface area contributed by atoms with Crippen LogP contribution in [-0.4, -0.2) is 38.8 Å². The first-order valence-corrected chi connectivity index (χ1v) is 7.84. The molecule has 2 N–H and O–H groups in total. The fraction of sp³-hybridized carbons (Fsp3) is 0.357. The summed E-state index contributed by atoms with van der Waals surface area (Å²) in [5.74, 6) is 3.30. The van der Waals surface area contributed by atoms with Gasteiger partial charge in [0.1, 0.15) is 11.5 Å². The zero-order valence-corrected chi connectivity index (χ0v) is 12.5. The second-order valence-electron chi connectivity index (χ2n) is 4.83. The van der Waals surface area contributed by atoms with Gasteiger partial charge in [-0.1, -0.05) is 0 Å². The van der Waals surface area contributed by atoms with Gasteiger partial charge in [0.15, 0.2) is 11.5 Å². The molecule has 0 unspecified atom stereocenters. The minimum Gasteiger partial charge on any atom is -0.464 e. The Labute approximate surface area is 126 Å². The van der Waals surface area contributed by atoms with Crippen LogP contribution in [0.25, 0.3) is 0 Å². The van der Waals surface area contributed by atoms with Crippen molar-refractivity contribution in [2.24, 2.45) is 0 Å². The Kier molecular flexibility index (Phi) is 3.83. The van der Waals surface area contributed by atoms with Gasteiger partial charge < -0.3 is 15.1 Å². The monoisotopic (exact) mass is 304 g/mol. The van der Waals surface area contributed by atoms with E-state index in [0.29, 0.717) is 6.54 Å². The SMILES string of the molecule is Cc1ccc([C@@H]2CSCCN2C(=O)c2nccnc2N)o1. The number of nitrogen functional groups attached to an aromatic ring is 1. The second kappa shape index (κ2) is 5.77. The molecule has 2 aromatic rings. The quantitative estimate of drug-likeness (QED) is 0.912. The lowest BCUT2D eigenvalue weighted by Crippen LogP contribution is -2.41. The molecule has 1 atom stereocenters. The van der Waals surface area contributed by atoms with Gasteiger partial charge in [0.05, 0.1) is 6.04 Å². The molecule has 0 spiro atoms. The van der Waals surface area contributed by atoms with E-state index < -0.39 is 0 Å². The van der Waals surface area contributed by atoms with E-state index in [9.17, 15) is 4.79 Å². The summed E-state index contributed by atoms with van der Waals surface area (Å²) in [6.45, 7) is 2.54. The molecule has 0 bridgehead atoms. The van der Waals surface area contributed by atoms with Gasteiger partial charge in [0, 0.05) is 30.4 Å². The standard InChI is InChI=1S/C14H16N4O2S/c1-9-2-3-11(20-9)10-8-21-7-6-18(10)14(19)12-13(15)17-5-4-16-12/h2-5,10H,6-8H2,1H3,(H2,15,17)/t10-/m0/s1. The molecule has 1 aliphatic rings. The number of anilines is 1. The van der Waals surface area contributed by atoms with Crippen LogP contribution in [0.3, 0.4) is 0 Å². The lowest BCUT2D eigenvalue weighted by molar-refractivity contribution is 0.0676. The maximum Gasteiger partial charge on any atom is 0.276 e. The molecule has 1 amide bonds. The van der Waals surface area contributed by atoms with Gasteiger partial charge in [-0.05, 0) is 19.1 Å². The van der Waals surface area contributed by atoms with Gasteiger partial charge in [-0.25, -0.2) is 9.97 Å². The summed E-state index contributed by atoms with van der Waals surface area (Å²) < 4.78 is 5.69. The number of amides is 1. The molecule has 2 aromatic heterocycles. The van der Waals surface area contributed by atoms with Crippen LogP contribution in [0, 0.1) is 6.92 Å². The molecule has 6 nitrogen and oxygen atoms in total. The zero-order valence-electron chi connectivity index (χ0n) is 11.7. The van der Waals surface area contributed by atoms with Crippen LogP contribution in [0.2, 0.25) is 0 Å². The highest BCUT2D eigenvalue weighted by molar-refractivity contribution is 7.99. The molecule has 1 aliphatic heterocycles. The second-order valence-corrected chi connectivity index (χ2v) is 5.98. The predicted molar refractivity (Wildman–Crippen MR) is 81.0 cm³/mol. The molecule has 1 fully saturated rings. The van der Waals surface area contributed by atoms with Crippen molar-refractivity contribution in [2.75, 3.05) is 23.8 Å². The van der Waals surface area contributed by atoms with Crippen molar-refractivity contribution in [1.29, 1.82) is 0 Å². The van der Waals surface area contributed by atoms with Crippen molar-refractivity contribution in [2.45, 2.75) is 13.0 Å². The number of carbonyl (C=O) groups is 1. The molecule has 3 rings (SSSR count). The number of aromatic nitrogens is 2. The van der Waals surface area contributed by atoms with E-state index in [-0.39, 0.29) is 23.5 Å². The summed E-state index contributed by atoms with van der Waals surface area (Å²) in [5.41, 5.74) is 5.97. The van der Waals surface area contributed by atoms with Crippen molar-refractivity contribution in [1.82, 2.24) is 14.9 Å². The van der Waals surface area contributed by atoms with Gasteiger partial charge >= 0.3 is 0 Å². The fourth-order valence-corrected chi connectivity index (χ4v) is 3.42. The van der Waals surface area contributed by atoms with Crippen LogP contribution < -0.4 is 5.73 Å². The maximum atomic E-state index is 12.7. The van der Waals surface area contributed by atoms with Crippen molar-refractivity contribution < 1.29 is 9.21 Å². The lowest BCUT2D eigenvalue weighted by Gasteiger charge is -2.34. The average Bonchev–Trinajstić information content (AvgIpc) is 2.93. The number of furan rings is 1. The van der Waals surface area contributed by atoms with Gasteiger partial charge in [-0.2, -0.15) is 11.8 Å². The summed E-state index contributed by atoms with van der Waals surface area (Å²) in [6, 6.07) is 3.74. The Morgan fingerprint density at radius 1 is 1.43 bits per heavy atom. The highest BCUT2D eigenvalue weighted by Gasteiger charge is 2.32. The molecular formula is C14H16N4O2S. The zero-order chi connectivity index (χ0) is 14.8. The number of hydrogen-bond acceptors (Lipinski definition) is 6. The van der Waals surface area contributed by atoms with Crippen molar-refractivity contribution in [3.63, 3.8) is 0 Å². The molecule has 1 saturated heterocycles. The van der Waals surface area contributed by atoms with Crippen LogP contribution in [-0.2, 0) is 0 Å². The first kappa shape index (κ1) is 13.9. The maximum absolute atomic E-state index is 12.7. The third kappa shape index (κ3) is 2.73. The van der Waals surface area contributed by atoms with Crippen LogP contribution in [0.15, 0.2) is 28.9 Å². The van der Waals surface area contributed by atoms with Crippen LogP contribution in [0.4, 0.5) is 5.82 Å². The van der Waals surface area contributed by atoms with Crippen molar-refractivity contribution in [3.05, 3.63) is 41.7 Å². The number of rotatable bonds is 2. The molecule has 3 heterocycles. The largest absolute Gasteiger partial charge is 0.464 e. The van der Waals surface area contributed by atoms with Gasteiger partial charge in [0.2, 0.25) is 0 Å². The average molecular weight is 304 g/mol. The Morgan fingerprint density at radius 3 is 2.95 bits per heavy atom. The van der Waals surface area contributed by atoms with Gasteiger partial charge in [0.25, 0.3) is 5.91 Å². The molecule has 0 aromatic carbocycles. The topological polar surface area (TPSA) is 85.2 Å². The number of nitrogens with two attached hydrogens (primary N) is 1. The predicted octanol–water partition coefficient (Wildman–Crippen LogP) is 1.89. The van der Waals surface area contributed by atoms with Crippen LogP contribution in [0.5, 0.6) is 0 Å². The van der Waals surface area contributed by atoms with E-state index in [0.717, 1.165) is 23.0 Å². The van der Waals surface area contributed by atoms with E-state index in [1.807, 2.05) is 19.1 Å². The highest BCUT2D eigenvalue weighted by Crippen LogP contribution is 2.32. The molecule has 0 radical (unpaired) electrons. The summed E-state index contributed by atoms with van der Waals surface area (Å²) >= 11 is 1.81. The molecular weight excluding hydrogens is 288 g/mol. The fourth-order valence-electron chi connectivity index (χ4n) is 2.36. The summed E-state index contributed by atoms with van der Waals surface area (Å²) in [5, 5.41) is 0. The molecule has 0 aliphatic carbocycles. The van der Waals surface area contributed by atoms with Crippen molar-refractivity contribution >= 4 is 23.5 Å². The highest BCUT2D eigenvalue weighted by atomic mass is 32.2. The van der Waals surface area contributed by atoms with E-state index in [1.54, 1.807) is 16.7 Å². The molecule has 7 heteroatoms. The van der Waals surface area contributed by atoms with Crippen LogP contribution >= 0.6 is 11.8 Å². The minimum atomic E-state index is -0.194. The number of aryl methyl sites for hydroxylation is 1. The summed E-state index contributed by atoms with van der Waals surface area (Å²) in [7, 11) is 0. The third-order valence-corrected chi connectivity index (χ3v) is 4.43. The molecule has 110 valence electrons. The van der Waals surface area contributed by atoms with Crippen LogP contribution in [0.1, 0.15) is 28.1 Å². The van der Waals surface area contributed by atoms with E-state index in [2.05, 4.69) is 9.97 Å². The summed E-state index contributed by atoms with van der Waals surface area (Å²) in [4.78, 5) is 22.5. The molecule has 21 heavy (non-hydrogen) atoms. The van der Waals surface area contributed by atoms with E-state index in [4.69, 9.17) is 10.2 Å². The first-order chi connectivity index (χ1) is 10.2. The third-order valence-electron chi connectivity index (χ3n) is 3.41. The minimum absolute atomic E-state index is 0.0913.